The Morgan fingerprint density at radius 1 is 1.17 bits per heavy atom. The van der Waals surface area contributed by atoms with Crippen molar-refractivity contribution in [1.29, 1.82) is 5.26 Å². The van der Waals surface area contributed by atoms with Crippen molar-refractivity contribution in [3.63, 3.8) is 0 Å². The van der Waals surface area contributed by atoms with E-state index in [0.717, 1.165) is 16.8 Å². The van der Waals surface area contributed by atoms with Gasteiger partial charge >= 0.3 is 0 Å². The molecule has 0 saturated carbocycles. The fourth-order valence-corrected chi connectivity index (χ4v) is 1.87. The molecule has 0 unspecified atom stereocenters. The van der Waals surface area contributed by atoms with Gasteiger partial charge in [0.1, 0.15) is 0 Å². The van der Waals surface area contributed by atoms with Crippen LogP contribution in [0.1, 0.15) is 30.9 Å². The van der Waals surface area contributed by atoms with Gasteiger partial charge in [0.15, 0.2) is 0 Å². The minimum Gasteiger partial charge on any atom is -0.256 e. The molecule has 0 spiro atoms. The number of pyridine rings is 1. The first kappa shape index (κ1) is 12.3. The molecule has 0 saturated heterocycles. The Hall–Kier alpha value is -2.14. The lowest BCUT2D eigenvalue weighted by atomic mass is 10.00. The van der Waals surface area contributed by atoms with E-state index in [-0.39, 0.29) is 0 Å². The summed E-state index contributed by atoms with van der Waals surface area (Å²) in [6, 6.07) is 14.5. The first-order chi connectivity index (χ1) is 8.70. The molecule has 18 heavy (non-hydrogen) atoms. The van der Waals surface area contributed by atoms with Gasteiger partial charge in [0.25, 0.3) is 0 Å². The Balaban J connectivity index is 2.31. The zero-order chi connectivity index (χ0) is 13.0. The summed E-state index contributed by atoms with van der Waals surface area (Å²) in [5, 5.41) is 8.71. The summed E-state index contributed by atoms with van der Waals surface area (Å²) < 4.78 is 0. The van der Waals surface area contributed by atoms with Crippen LogP contribution in [-0.2, 0) is 6.42 Å². The van der Waals surface area contributed by atoms with Crippen LogP contribution in [0.25, 0.3) is 11.3 Å². The number of nitriles is 1. The van der Waals surface area contributed by atoms with Crippen molar-refractivity contribution in [2.45, 2.75) is 26.2 Å². The largest absolute Gasteiger partial charge is 0.256 e. The summed E-state index contributed by atoms with van der Waals surface area (Å²) in [6.45, 7) is 4.36. The molecule has 0 fully saturated rings. The van der Waals surface area contributed by atoms with Crippen LogP contribution in [0.3, 0.4) is 0 Å². The maximum absolute atomic E-state index is 8.71. The normalized spacial score (nSPS) is 10.3. The Kier molecular flexibility index (Phi) is 3.74. The standard InChI is InChI=1S/C16H16N2/c1-12(2)14-3-5-15(6-4-14)16-11-13(7-9-17)8-10-18-16/h3-6,8,10-12H,7H2,1-2H3. The summed E-state index contributed by atoms with van der Waals surface area (Å²) in [6.07, 6.45) is 2.19. The van der Waals surface area contributed by atoms with Crippen LogP contribution in [-0.4, -0.2) is 4.98 Å². The molecule has 0 amide bonds. The number of hydrogen-bond donors (Lipinski definition) is 0. The van der Waals surface area contributed by atoms with E-state index in [2.05, 4.69) is 49.2 Å². The molecule has 0 atom stereocenters. The molecule has 90 valence electrons. The first-order valence-electron chi connectivity index (χ1n) is 6.13. The highest BCUT2D eigenvalue weighted by molar-refractivity contribution is 5.60. The lowest BCUT2D eigenvalue weighted by molar-refractivity contribution is 0.867. The fraction of sp³-hybridized carbons (Fsp3) is 0.250. The van der Waals surface area contributed by atoms with Gasteiger partial charge in [-0.2, -0.15) is 5.26 Å². The van der Waals surface area contributed by atoms with Crippen molar-refractivity contribution < 1.29 is 0 Å². The predicted molar refractivity (Wildman–Crippen MR) is 73.1 cm³/mol. The van der Waals surface area contributed by atoms with Crippen LogP contribution in [0.15, 0.2) is 42.6 Å². The third kappa shape index (κ3) is 2.75. The van der Waals surface area contributed by atoms with Crippen molar-refractivity contribution >= 4 is 0 Å². The van der Waals surface area contributed by atoms with Crippen molar-refractivity contribution in [2.24, 2.45) is 0 Å². The van der Waals surface area contributed by atoms with E-state index >= 15 is 0 Å². The molecule has 0 radical (unpaired) electrons. The summed E-state index contributed by atoms with van der Waals surface area (Å²) in [7, 11) is 0. The van der Waals surface area contributed by atoms with Gasteiger partial charge < -0.3 is 0 Å². The highest BCUT2D eigenvalue weighted by atomic mass is 14.7. The predicted octanol–water partition coefficient (Wildman–Crippen LogP) is 3.94. The van der Waals surface area contributed by atoms with E-state index in [9.17, 15) is 0 Å². The third-order valence-electron chi connectivity index (χ3n) is 2.98. The molecule has 2 rings (SSSR count). The molecule has 0 bridgehead atoms. The average molecular weight is 236 g/mol. The van der Waals surface area contributed by atoms with Gasteiger partial charge in [0.2, 0.25) is 0 Å². The van der Waals surface area contributed by atoms with Gasteiger partial charge in [-0.25, -0.2) is 0 Å². The van der Waals surface area contributed by atoms with Crippen LogP contribution in [0.5, 0.6) is 0 Å². The maximum atomic E-state index is 8.71. The van der Waals surface area contributed by atoms with Gasteiger partial charge in [0, 0.05) is 11.8 Å². The Labute approximate surface area is 108 Å². The Morgan fingerprint density at radius 3 is 2.50 bits per heavy atom. The van der Waals surface area contributed by atoms with Crippen LogP contribution in [0.2, 0.25) is 0 Å². The molecule has 2 aromatic rings. The summed E-state index contributed by atoms with van der Waals surface area (Å²) >= 11 is 0. The molecule has 1 aromatic heterocycles. The van der Waals surface area contributed by atoms with Crippen LogP contribution < -0.4 is 0 Å². The van der Waals surface area contributed by atoms with Crippen molar-refractivity contribution in [3.8, 4) is 17.3 Å². The minimum absolute atomic E-state index is 0.430. The molecule has 0 aliphatic rings. The quantitative estimate of drug-likeness (QED) is 0.809. The zero-order valence-electron chi connectivity index (χ0n) is 10.7. The highest BCUT2D eigenvalue weighted by Gasteiger charge is 2.03. The molecule has 0 aliphatic heterocycles. The SMILES string of the molecule is CC(C)c1ccc(-c2cc(CC#N)ccn2)cc1. The highest BCUT2D eigenvalue weighted by Crippen LogP contribution is 2.21. The number of aromatic nitrogens is 1. The molecular weight excluding hydrogens is 220 g/mol. The van der Waals surface area contributed by atoms with Crippen molar-refractivity contribution in [3.05, 3.63) is 53.7 Å². The number of benzene rings is 1. The molecular formula is C16H16N2. The average Bonchev–Trinajstić information content (AvgIpc) is 2.39. The number of hydrogen-bond acceptors (Lipinski definition) is 2. The van der Waals surface area contributed by atoms with Crippen LogP contribution in [0, 0.1) is 11.3 Å². The van der Waals surface area contributed by atoms with E-state index < -0.39 is 0 Å². The minimum atomic E-state index is 0.430. The smallest absolute Gasteiger partial charge is 0.0705 e. The Bertz CT molecular complexity index is 562. The van der Waals surface area contributed by atoms with Gasteiger partial charge in [-0.3, -0.25) is 4.98 Å². The van der Waals surface area contributed by atoms with Crippen LogP contribution in [0.4, 0.5) is 0 Å². The first-order valence-corrected chi connectivity index (χ1v) is 6.13. The molecule has 0 aliphatic carbocycles. The summed E-state index contributed by atoms with van der Waals surface area (Å²) in [5.41, 5.74) is 4.36. The van der Waals surface area contributed by atoms with Gasteiger partial charge in [-0.1, -0.05) is 38.1 Å². The second-order valence-corrected chi connectivity index (χ2v) is 4.66. The second-order valence-electron chi connectivity index (χ2n) is 4.66. The van der Waals surface area contributed by atoms with E-state index in [1.54, 1.807) is 6.20 Å². The third-order valence-corrected chi connectivity index (χ3v) is 2.98. The molecule has 0 N–H and O–H groups in total. The lowest BCUT2D eigenvalue weighted by Crippen LogP contribution is -1.90. The van der Waals surface area contributed by atoms with E-state index in [1.807, 2.05) is 12.1 Å². The van der Waals surface area contributed by atoms with Crippen LogP contribution >= 0.6 is 0 Å². The summed E-state index contributed by atoms with van der Waals surface area (Å²) in [5.74, 6) is 0.539. The van der Waals surface area contributed by atoms with Crippen molar-refractivity contribution in [2.75, 3.05) is 0 Å². The monoisotopic (exact) mass is 236 g/mol. The number of rotatable bonds is 3. The topological polar surface area (TPSA) is 36.7 Å². The number of nitrogens with zero attached hydrogens (tertiary/aromatic N) is 2. The maximum Gasteiger partial charge on any atom is 0.0705 e. The molecule has 2 heteroatoms. The van der Waals surface area contributed by atoms with E-state index in [0.29, 0.717) is 12.3 Å². The summed E-state index contributed by atoms with van der Waals surface area (Å²) in [4.78, 5) is 4.36. The van der Waals surface area contributed by atoms with Gasteiger partial charge in [0.05, 0.1) is 18.2 Å². The lowest BCUT2D eigenvalue weighted by Gasteiger charge is -2.07. The van der Waals surface area contributed by atoms with Gasteiger partial charge in [-0.15, -0.1) is 0 Å². The van der Waals surface area contributed by atoms with Gasteiger partial charge in [-0.05, 0) is 29.2 Å². The zero-order valence-corrected chi connectivity index (χ0v) is 10.7. The Morgan fingerprint density at radius 2 is 1.89 bits per heavy atom. The van der Waals surface area contributed by atoms with Crippen molar-refractivity contribution in [1.82, 2.24) is 4.98 Å². The van der Waals surface area contributed by atoms with E-state index in [1.165, 1.54) is 5.56 Å². The fourth-order valence-electron chi connectivity index (χ4n) is 1.87. The molecule has 1 aromatic carbocycles. The molecule has 2 nitrogen and oxygen atoms in total. The second kappa shape index (κ2) is 5.46. The molecule has 1 heterocycles. The van der Waals surface area contributed by atoms with E-state index in [4.69, 9.17) is 5.26 Å².